The summed E-state index contributed by atoms with van der Waals surface area (Å²) in [6.45, 7) is 1.67. The SMILES string of the molecule is Cc1cc(-c2ccc3nc(N)nc(-c4ccccc4)c3n2)cnc1F. The highest BCUT2D eigenvalue weighted by Gasteiger charge is 2.12. The molecule has 0 unspecified atom stereocenters. The van der Waals surface area contributed by atoms with E-state index in [2.05, 4.69) is 15.0 Å². The fourth-order valence-corrected chi connectivity index (χ4v) is 2.69. The number of halogens is 1. The predicted octanol–water partition coefficient (Wildman–Crippen LogP) is 3.78. The molecule has 0 atom stereocenters. The molecule has 3 aromatic heterocycles. The Morgan fingerprint density at radius 2 is 1.72 bits per heavy atom. The topological polar surface area (TPSA) is 77.6 Å². The molecule has 0 saturated carbocycles. The van der Waals surface area contributed by atoms with Gasteiger partial charge in [0.1, 0.15) is 11.2 Å². The Morgan fingerprint density at radius 3 is 2.48 bits per heavy atom. The van der Waals surface area contributed by atoms with E-state index in [1.807, 2.05) is 42.5 Å². The van der Waals surface area contributed by atoms with Crippen molar-refractivity contribution in [2.24, 2.45) is 0 Å². The number of nitrogens with two attached hydrogens (primary N) is 1. The van der Waals surface area contributed by atoms with Crippen molar-refractivity contribution in [2.45, 2.75) is 6.92 Å². The maximum atomic E-state index is 13.4. The molecule has 2 N–H and O–H groups in total. The van der Waals surface area contributed by atoms with Gasteiger partial charge in [-0.2, -0.15) is 4.39 Å². The van der Waals surface area contributed by atoms with Gasteiger partial charge in [-0.3, -0.25) is 0 Å². The first kappa shape index (κ1) is 15.1. The molecule has 0 spiro atoms. The molecule has 0 fully saturated rings. The van der Waals surface area contributed by atoms with Crippen molar-refractivity contribution in [3.8, 4) is 22.5 Å². The summed E-state index contributed by atoms with van der Waals surface area (Å²) in [7, 11) is 0. The first-order chi connectivity index (χ1) is 12.1. The summed E-state index contributed by atoms with van der Waals surface area (Å²) in [5.74, 6) is -0.286. The minimum absolute atomic E-state index is 0.195. The molecule has 0 saturated heterocycles. The van der Waals surface area contributed by atoms with Crippen LogP contribution in [0.3, 0.4) is 0 Å². The van der Waals surface area contributed by atoms with Gasteiger partial charge >= 0.3 is 0 Å². The maximum absolute atomic E-state index is 13.4. The van der Waals surface area contributed by atoms with Crippen LogP contribution in [0.15, 0.2) is 54.7 Å². The van der Waals surface area contributed by atoms with Gasteiger partial charge < -0.3 is 5.73 Å². The number of nitrogen functional groups attached to an aromatic ring is 1. The molecule has 25 heavy (non-hydrogen) atoms. The lowest BCUT2D eigenvalue weighted by molar-refractivity contribution is 0.575. The van der Waals surface area contributed by atoms with Crippen LogP contribution in [0.1, 0.15) is 5.56 Å². The van der Waals surface area contributed by atoms with E-state index in [4.69, 9.17) is 10.7 Å². The van der Waals surface area contributed by atoms with E-state index in [1.165, 1.54) is 6.20 Å². The minimum Gasteiger partial charge on any atom is -0.368 e. The number of anilines is 1. The zero-order valence-corrected chi connectivity index (χ0v) is 13.4. The Bertz CT molecular complexity index is 1080. The van der Waals surface area contributed by atoms with E-state index in [0.717, 1.165) is 11.1 Å². The Morgan fingerprint density at radius 1 is 0.920 bits per heavy atom. The Kier molecular flexibility index (Phi) is 3.57. The second kappa shape index (κ2) is 5.90. The van der Waals surface area contributed by atoms with Gasteiger partial charge in [-0.25, -0.2) is 19.9 Å². The second-order valence-electron chi connectivity index (χ2n) is 5.69. The van der Waals surface area contributed by atoms with Gasteiger partial charge in [-0.05, 0) is 25.1 Å². The van der Waals surface area contributed by atoms with Crippen LogP contribution in [0, 0.1) is 12.9 Å². The van der Waals surface area contributed by atoms with Crippen molar-refractivity contribution in [1.29, 1.82) is 0 Å². The molecule has 0 radical (unpaired) electrons. The molecule has 0 amide bonds. The van der Waals surface area contributed by atoms with Crippen LogP contribution in [-0.2, 0) is 0 Å². The van der Waals surface area contributed by atoms with Gasteiger partial charge in [0.2, 0.25) is 11.9 Å². The molecule has 6 heteroatoms. The first-order valence-corrected chi connectivity index (χ1v) is 7.74. The molecule has 122 valence electrons. The van der Waals surface area contributed by atoms with Crippen LogP contribution in [-0.4, -0.2) is 19.9 Å². The fraction of sp³-hybridized carbons (Fsp3) is 0.0526. The Hall–Kier alpha value is -3.41. The fourth-order valence-electron chi connectivity index (χ4n) is 2.69. The third kappa shape index (κ3) is 2.78. The summed E-state index contributed by atoms with van der Waals surface area (Å²) >= 11 is 0. The number of hydrogen-bond acceptors (Lipinski definition) is 5. The number of aromatic nitrogens is 4. The molecule has 3 heterocycles. The lowest BCUT2D eigenvalue weighted by atomic mass is 10.1. The van der Waals surface area contributed by atoms with E-state index in [-0.39, 0.29) is 5.95 Å². The molecule has 4 rings (SSSR count). The highest BCUT2D eigenvalue weighted by molar-refractivity contribution is 5.91. The molecule has 1 aromatic carbocycles. The predicted molar refractivity (Wildman–Crippen MR) is 95.1 cm³/mol. The third-order valence-electron chi connectivity index (χ3n) is 3.92. The standard InChI is InChI=1S/C19H14FN5/c1-11-9-13(10-22-18(11)20)14-7-8-15-17(23-14)16(25-19(21)24-15)12-5-3-2-4-6-12/h2-10H,1H3,(H2,21,24,25). The van der Waals surface area contributed by atoms with Crippen molar-refractivity contribution in [3.63, 3.8) is 0 Å². The van der Waals surface area contributed by atoms with Crippen LogP contribution >= 0.6 is 0 Å². The van der Waals surface area contributed by atoms with E-state index in [1.54, 1.807) is 13.0 Å². The second-order valence-corrected chi connectivity index (χ2v) is 5.69. The van der Waals surface area contributed by atoms with Crippen LogP contribution in [0.25, 0.3) is 33.5 Å². The number of fused-ring (bicyclic) bond motifs is 1. The number of rotatable bonds is 2. The lowest BCUT2D eigenvalue weighted by Crippen LogP contribution is -2.00. The van der Waals surface area contributed by atoms with Crippen molar-refractivity contribution >= 4 is 17.0 Å². The van der Waals surface area contributed by atoms with Gasteiger partial charge in [0.05, 0.1) is 11.2 Å². The average Bonchev–Trinajstić information content (AvgIpc) is 2.63. The highest BCUT2D eigenvalue weighted by Crippen LogP contribution is 2.28. The molecule has 0 aliphatic carbocycles. The van der Waals surface area contributed by atoms with Gasteiger partial charge in [-0.1, -0.05) is 30.3 Å². The van der Waals surface area contributed by atoms with E-state index >= 15 is 0 Å². The number of hydrogen-bond donors (Lipinski definition) is 1. The van der Waals surface area contributed by atoms with Crippen molar-refractivity contribution in [3.05, 3.63) is 66.2 Å². The highest BCUT2D eigenvalue weighted by atomic mass is 19.1. The first-order valence-electron chi connectivity index (χ1n) is 7.74. The van der Waals surface area contributed by atoms with Crippen LogP contribution in [0.5, 0.6) is 0 Å². The van der Waals surface area contributed by atoms with Crippen LogP contribution in [0.2, 0.25) is 0 Å². The molecule has 0 aliphatic rings. The molecule has 0 aliphatic heterocycles. The Balaban J connectivity index is 1.95. The number of nitrogens with zero attached hydrogens (tertiary/aromatic N) is 4. The van der Waals surface area contributed by atoms with Gasteiger partial charge in [0.25, 0.3) is 0 Å². The zero-order chi connectivity index (χ0) is 17.4. The van der Waals surface area contributed by atoms with Crippen molar-refractivity contribution in [2.75, 3.05) is 5.73 Å². The van der Waals surface area contributed by atoms with Gasteiger partial charge in [-0.15, -0.1) is 0 Å². The number of pyridine rings is 2. The molecule has 5 nitrogen and oxygen atoms in total. The molecule has 0 bridgehead atoms. The smallest absolute Gasteiger partial charge is 0.221 e. The number of benzene rings is 1. The number of aryl methyl sites for hydroxylation is 1. The minimum atomic E-state index is -0.481. The van der Waals surface area contributed by atoms with E-state index < -0.39 is 5.95 Å². The zero-order valence-electron chi connectivity index (χ0n) is 13.4. The van der Waals surface area contributed by atoms with Crippen molar-refractivity contribution < 1.29 is 4.39 Å². The largest absolute Gasteiger partial charge is 0.368 e. The van der Waals surface area contributed by atoms with E-state index in [0.29, 0.717) is 28.0 Å². The quantitative estimate of drug-likeness (QED) is 0.566. The van der Waals surface area contributed by atoms with Gasteiger partial charge in [0, 0.05) is 22.9 Å². The Labute approximate surface area is 143 Å². The molecule has 4 aromatic rings. The summed E-state index contributed by atoms with van der Waals surface area (Å²) < 4.78 is 13.4. The third-order valence-corrected chi connectivity index (χ3v) is 3.92. The summed E-state index contributed by atoms with van der Waals surface area (Å²) in [6, 6.07) is 15.0. The average molecular weight is 331 g/mol. The van der Waals surface area contributed by atoms with Gasteiger partial charge in [0.15, 0.2) is 0 Å². The molecular weight excluding hydrogens is 317 g/mol. The van der Waals surface area contributed by atoms with Crippen LogP contribution in [0.4, 0.5) is 10.3 Å². The summed E-state index contributed by atoms with van der Waals surface area (Å²) in [5, 5.41) is 0. The van der Waals surface area contributed by atoms with Crippen molar-refractivity contribution in [1.82, 2.24) is 19.9 Å². The monoisotopic (exact) mass is 331 g/mol. The lowest BCUT2D eigenvalue weighted by Gasteiger charge is -2.08. The van der Waals surface area contributed by atoms with Crippen LogP contribution < -0.4 is 5.73 Å². The summed E-state index contributed by atoms with van der Waals surface area (Å²) in [6.07, 6.45) is 1.47. The maximum Gasteiger partial charge on any atom is 0.221 e. The normalized spacial score (nSPS) is 11.0. The summed E-state index contributed by atoms with van der Waals surface area (Å²) in [4.78, 5) is 17.1. The molecular formula is C19H14FN5. The van der Waals surface area contributed by atoms with E-state index in [9.17, 15) is 4.39 Å². The summed E-state index contributed by atoms with van der Waals surface area (Å²) in [5.41, 5.74) is 10.6.